The van der Waals surface area contributed by atoms with Gasteiger partial charge >= 0.3 is 0 Å². The number of imidazole rings is 1. The Hall–Kier alpha value is -4.14. The highest BCUT2D eigenvalue weighted by Crippen LogP contribution is 2.33. The number of hydrogen-bond acceptors (Lipinski definition) is 10. The molecule has 0 unspecified atom stereocenters. The number of carbonyl (C=O) groups is 3. The van der Waals surface area contributed by atoms with Crippen LogP contribution in [0.3, 0.4) is 0 Å². The SMILES string of the molecule is O=C(CCC(=O)Nc1cccc2c1CNC2=O)NC[C@H]1O[C@@H](n2cnc3c(NC4CC4)ncnc32)[C@H](O)[C@@H]1O. The van der Waals surface area contributed by atoms with Crippen LogP contribution in [0.15, 0.2) is 30.9 Å². The van der Waals surface area contributed by atoms with Crippen LogP contribution in [0.25, 0.3) is 11.2 Å². The molecule has 1 aliphatic carbocycles. The zero-order valence-electron chi connectivity index (χ0n) is 20.8. The highest BCUT2D eigenvalue weighted by molar-refractivity contribution is 6.02. The molecule has 14 nitrogen and oxygen atoms in total. The summed E-state index contributed by atoms with van der Waals surface area (Å²) in [5.41, 5.74) is 2.75. The van der Waals surface area contributed by atoms with Gasteiger partial charge in [-0.15, -0.1) is 0 Å². The van der Waals surface area contributed by atoms with Gasteiger partial charge in [0.25, 0.3) is 5.91 Å². The topological polar surface area (TPSA) is 193 Å². The number of aliphatic hydroxyl groups excluding tert-OH is 2. The molecular formula is C25H28N8O6. The predicted molar refractivity (Wildman–Crippen MR) is 136 cm³/mol. The van der Waals surface area contributed by atoms with Crippen LogP contribution >= 0.6 is 0 Å². The smallest absolute Gasteiger partial charge is 0.251 e. The van der Waals surface area contributed by atoms with Crippen LogP contribution in [0.4, 0.5) is 11.5 Å². The lowest BCUT2D eigenvalue weighted by atomic mass is 10.1. The number of hydrogen-bond donors (Lipinski definition) is 6. The van der Waals surface area contributed by atoms with Crippen molar-refractivity contribution < 1.29 is 29.3 Å². The summed E-state index contributed by atoms with van der Waals surface area (Å²) in [6.07, 6.45) is 0.450. The number of carbonyl (C=O) groups excluding carboxylic acids is 3. The van der Waals surface area contributed by atoms with Crippen molar-refractivity contribution in [2.24, 2.45) is 0 Å². The van der Waals surface area contributed by atoms with Crippen LogP contribution in [0.1, 0.15) is 47.8 Å². The van der Waals surface area contributed by atoms with Gasteiger partial charge in [0.1, 0.15) is 24.6 Å². The van der Waals surface area contributed by atoms with Crippen LogP contribution in [-0.2, 0) is 20.9 Å². The van der Waals surface area contributed by atoms with E-state index in [1.54, 1.807) is 22.8 Å². The molecule has 1 aromatic carbocycles. The van der Waals surface area contributed by atoms with Gasteiger partial charge in [0.05, 0.1) is 6.33 Å². The number of ether oxygens (including phenoxy) is 1. The minimum Gasteiger partial charge on any atom is -0.387 e. The molecule has 6 N–H and O–H groups in total. The van der Waals surface area contributed by atoms with Crippen molar-refractivity contribution in [1.29, 1.82) is 0 Å². The number of anilines is 2. The van der Waals surface area contributed by atoms with Gasteiger partial charge in [0.2, 0.25) is 11.8 Å². The van der Waals surface area contributed by atoms with Gasteiger partial charge in [-0.05, 0) is 25.0 Å². The van der Waals surface area contributed by atoms with E-state index in [0.717, 1.165) is 12.8 Å². The maximum absolute atomic E-state index is 12.4. The maximum Gasteiger partial charge on any atom is 0.251 e. The molecule has 4 atom stereocenters. The Labute approximate surface area is 222 Å². The zero-order chi connectivity index (χ0) is 27.1. The Morgan fingerprint density at radius 1 is 1.10 bits per heavy atom. The number of rotatable bonds is 9. The van der Waals surface area contributed by atoms with Crippen LogP contribution in [-0.4, -0.2) is 78.4 Å². The molecule has 204 valence electrons. The van der Waals surface area contributed by atoms with Crippen molar-refractivity contribution >= 4 is 40.4 Å². The summed E-state index contributed by atoms with van der Waals surface area (Å²) in [7, 11) is 0. The van der Waals surface area contributed by atoms with Gasteiger partial charge in [-0.1, -0.05) is 6.07 Å². The second kappa shape index (κ2) is 10.2. The van der Waals surface area contributed by atoms with Crippen molar-refractivity contribution in [3.8, 4) is 0 Å². The van der Waals surface area contributed by atoms with Crippen LogP contribution in [0.2, 0.25) is 0 Å². The van der Waals surface area contributed by atoms with Crippen molar-refractivity contribution in [3.05, 3.63) is 42.0 Å². The number of benzene rings is 1. The highest BCUT2D eigenvalue weighted by atomic mass is 16.6. The van der Waals surface area contributed by atoms with E-state index in [1.165, 1.54) is 12.7 Å². The molecule has 3 aliphatic rings. The van der Waals surface area contributed by atoms with Gasteiger partial charge < -0.3 is 36.2 Å². The highest BCUT2D eigenvalue weighted by Gasteiger charge is 2.44. The van der Waals surface area contributed by atoms with Crippen molar-refractivity contribution in [2.45, 2.75) is 62.8 Å². The normalized spacial score (nSPS) is 23.9. The summed E-state index contributed by atoms with van der Waals surface area (Å²) in [5.74, 6) is -0.362. The maximum atomic E-state index is 12.4. The first-order valence-electron chi connectivity index (χ1n) is 12.8. The van der Waals surface area contributed by atoms with Gasteiger partial charge in [-0.3, -0.25) is 19.0 Å². The standard InChI is InChI=1S/C25H28N8O6/c34-17(6-7-18(35)32-15-3-1-2-13-14(15)8-27-24(13)38)26-9-16-20(36)21(37)25(39-16)33-11-30-19-22(31-12-4-5-12)28-10-29-23(19)33/h1-3,10-12,16,20-21,25,36-37H,4-9H2,(H,26,34)(H,27,38)(H,32,35)(H,28,29,31)/t16-,20-,21-,25-/m1/s1. The first-order chi connectivity index (χ1) is 18.9. The van der Waals surface area contributed by atoms with E-state index in [2.05, 4.69) is 36.2 Å². The average molecular weight is 537 g/mol. The molecular weight excluding hydrogens is 508 g/mol. The molecule has 2 fully saturated rings. The van der Waals surface area contributed by atoms with Crippen molar-refractivity contribution in [3.63, 3.8) is 0 Å². The fraction of sp³-hybridized carbons (Fsp3) is 0.440. The van der Waals surface area contributed by atoms with E-state index in [-0.39, 0.29) is 31.2 Å². The van der Waals surface area contributed by atoms with Gasteiger partial charge in [-0.2, -0.15) is 0 Å². The molecule has 0 spiro atoms. The molecule has 3 aromatic rings. The minimum absolute atomic E-state index is 0.0642. The van der Waals surface area contributed by atoms with Crippen LogP contribution < -0.4 is 21.3 Å². The zero-order valence-corrected chi connectivity index (χ0v) is 20.8. The quantitative estimate of drug-likeness (QED) is 0.213. The Morgan fingerprint density at radius 2 is 1.92 bits per heavy atom. The van der Waals surface area contributed by atoms with Gasteiger partial charge in [0, 0.05) is 48.8 Å². The second-order valence-electron chi connectivity index (χ2n) is 9.88. The molecule has 1 saturated heterocycles. The summed E-state index contributed by atoms with van der Waals surface area (Å²) in [6, 6.07) is 5.44. The third-order valence-corrected chi connectivity index (χ3v) is 7.09. The summed E-state index contributed by atoms with van der Waals surface area (Å²) in [6.45, 7) is 0.271. The van der Waals surface area contributed by atoms with E-state index >= 15 is 0 Å². The molecule has 4 heterocycles. The number of aromatic nitrogens is 4. The number of nitrogens with one attached hydrogen (secondary N) is 4. The lowest BCUT2D eigenvalue weighted by molar-refractivity contribution is -0.125. The molecule has 39 heavy (non-hydrogen) atoms. The monoisotopic (exact) mass is 536 g/mol. The Morgan fingerprint density at radius 3 is 2.74 bits per heavy atom. The fourth-order valence-electron chi connectivity index (χ4n) is 4.81. The van der Waals surface area contributed by atoms with Crippen molar-refractivity contribution in [2.75, 3.05) is 17.2 Å². The number of amides is 3. The molecule has 2 aromatic heterocycles. The lowest BCUT2D eigenvalue weighted by Crippen LogP contribution is -2.40. The summed E-state index contributed by atoms with van der Waals surface area (Å²) < 4.78 is 7.43. The molecule has 0 radical (unpaired) electrons. The Balaban J connectivity index is 1.02. The largest absolute Gasteiger partial charge is 0.387 e. The summed E-state index contributed by atoms with van der Waals surface area (Å²) >= 11 is 0. The van der Waals surface area contributed by atoms with Gasteiger partial charge in [-0.25, -0.2) is 15.0 Å². The third-order valence-electron chi connectivity index (χ3n) is 7.09. The van der Waals surface area contributed by atoms with E-state index in [1.807, 2.05) is 0 Å². The molecule has 1 saturated carbocycles. The third kappa shape index (κ3) is 5.01. The minimum atomic E-state index is -1.28. The van der Waals surface area contributed by atoms with Crippen LogP contribution in [0.5, 0.6) is 0 Å². The number of aliphatic hydroxyl groups is 2. The number of fused-ring (bicyclic) bond motifs is 2. The van der Waals surface area contributed by atoms with Crippen molar-refractivity contribution in [1.82, 2.24) is 30.2 Å². The fourth-order valence-corrected chi connectivity index (χ4v) is 4.81. The predicted octanol–water partition coefficient (Wildman–Crippen LogP) is -0.202. The molecule has 3 amide bonds. The van der Waals surface area contributed by atoms with E-state index in [4.69, 9.17) is 4.74 Å². The Kier molecular flexibility index (Phi) is 6.58. The molecule has 2 aliphatic heterocycles. The molecule has 6 rings (SSSR count). The first-order valence-corrected chi connectivity index (χ1v) is 12.8. The summed E-state index contributed by atoms with van der Waals surface area (Å²) in [5, 5.41) is 32.7. The van der Waals surface area contributed by atoms with Gasteiger partial charge in [0.15, 0.2) is 23.2 Å². The molecule has 0 bridgehead atoms. The average Bonchev–Trinajstić information content (AvgIpc) is 3.40. The second-order valence-corrected chi connectivity index (χ2v) is 9.88. The summed E-state index contributed by atoms with van der Waals surface area (Å²) in [4.78, 5) is 49.5. The first kappa shape index (κ1) is 25.2. The number of nitrogens with zero attached hydrogens (tertiary/aromatic N) is 4. The lowest BCUT2D eigenvalue weighted by Gasteiger charge is -2.16. The van der Waals surface area contributed by atoms with E-state index in [0.29, 0.717) is 46.4 Å². The Bertz CT molecular complexity index is 1440. The van der Waals surface area contributed by atoms with E-state index in [9.17, 15) is 24.6 Å². The van der Waals surface area contributed by atoms with Crippen LogP contribution in [0, 0.1) is 0 Å². The molecule has 14 heteroatoms. The van der Waals surface area contributed by atoms with E-state index < -0.39 is 30.4 Å².